The van der Waals surface area contributed by atoms with Crippen molar-refractivity contribution in [1.29, 1.82) is 0 Å². The second-order valence-electron chi connectivity index (χ2n) is 8.61. The minimum absolute atomic E-state index is 0.0819. The Bertz CT molecular complexity index is 912. The Morgan fingerprint density at radius 3 is 2.68 bits per heavy atom. The quantitative estimate of drug-likeness (QED) is 0.683. The summed E-state index contributed by atoms with van der Waals surface area (Å²) in [6, 6.07) is 5.71. The minimum atomic E-state index is -3.35. The highest BCUT2D eigenvalue weighted by Crippen LogP contribution is 2.23. The van der Waals surface area contributed by atoms with Crippen molar-refractivity contribution in [1.82, 2.24) is 9.21 Å². The molecule has 9 heteroatoms. The molecule has 2 amide bonds. The summed E-state index contributed by atoms with van der Waals surface area (Å²) in [5.74, 6) is -0.894. The molecule has 31 heavy (non-hydrogen) atoms. The van der Waals surface area contributed by atoms with Crippen molar-refractivity contribution in [2.75, 3.05) is 44.4 Å². The first-order chi connectivity index (χ1) is 14.6. The zero-order chi connectivity index (χ0) is 22.6. The third-order valence-electron chi connectivity index (χ3n) is 6.18. The van der Waals surface area contributed by atoms with E-state index < -0.39 is 15.9 Å². The van der Waals surface area contributed by atoms with E-state index in [1.807, 2.05) is 32.0 Å². The highest BCUT2D eigenvalue weighted by atomic mass is 32.2. The molecule has 172 valence electrons. The summed E-state index contributed by atoms with van der Waals surface area (Å²) in [4.78, 5) is 27.7. The number of hydrogen-bond acceptors (Lipinski definition) is 5. The highest BCUT2D eigenvalue weighted by molar-refractivity contribution is 7.88. The van der Waals surface area contributed by atoms with Gasteiger partial charge in [0.1, 0.15) is 0 Å². The molecule has 0 aliphatic carbocycles. The number of sulfonamides is 1. The molecular formula is C22H33N3O5S. The maximum atomic E-state index is 13.3. The van der Waals surface area contributed by atoms with Gasteiger partial charge < -0.3 is 15.0 Å². The van der Waals surface area contributed by atoms with E-state index in [0.29, 0.717) is 32.5 Å². The smallest absolute Gasteiger partial charge is 0.244 e. The number of carbonyl (C=O) groups is 2. The SMILES string of the molecule is Cc1cccc(NC(=O)CN(CC2CCCO2)C(=O)C2CCCN(S(C)(=O)=O)C2)c1C. The number of nitrogens with one attached hydrogen (secondary N) is 1. The van der Waals surface area contributed by atoms with E-state index in [0.717, 1.165) is 29.7 Å². The minimum Gasteiger partial charge on any atom is -0.376 e. The number of rotatable bonds is 7. The highest BCUT2D eigenvalue weighted by Gasteiger charge is 2.34. The number of amides is 2. The molecule has 1 N–H and O–H groups in total. The third-order valence-corrected chi connectivity index (χ3v) is 7.44. The Kier molecular flexibility index (Phi) is 7.72. The van der Waals surface area contributed by atoms with Gasteiger partial charge in [0.05, 0.1) is 24.8 Å². The summed E-state index contributed by atoms with van der Waals surface area (Å²) in [5, 5.41) is 2.92. The fourth-order valence-corrected chi connectivity index (χ4v) is 5.13. The normalized spacial score (nSPS) is 22.3. The molecule has 3 rings (SSSR count). The van der Waals surface area contributed by atoms with Crippen LogP contribution in [0.5, 0.6) is 0 Å². The van der Waals surface area contributed by atoms with Gasteiger partial charge in [-0.15, -0.1) is 0 Å². The average Bonchev–Trinajstić information content (AvgIpc) is 3.23. The van der Waals surface area contributed by atoms with E-state index in [1.54, 1.807) is 4.90 Å². The van der Waals surface area contributed by atoms with E-state index in [9.17, 15) is 18.0 Å². The first-order valence-electron chi connectivity index (χ1n) is 10.9. The first kappa shape index (κ1) is 23.7. The van der Waals surface area contributed by atoms with Crippen LogP contribution in [-0.2, 0) is 24.3 Å². The Labute approximate surface area is 185 Å². The number of anilines is 1. The summed E-state index contributed by atoms with van der Waals surface area (Å²) in [6.45, 7) is 5.44. The van der Waals surface area contributed by atoms with Gasteiger partial charge in [0.15, 0.2) is 0 Å². The van der Waals surface area contributed by atoms with Crippen LogP contribution in [0.25, 0.3) is 0 Å². The molecule has 2 atom stereocenters. The van der Waals surface area contributed by atoms with E-state index >= 15 is 0 Å². The summed E-state index contributed by atoms with van der Waals surface area (Å²) in [7, 11) is -3.35. The van der Waals surface area contributed by atoms with Crippen LogP contribution >= 0.6 is 0 Å². The predicted octanol–water partition coefficient (Wildman–Crippen LogP) is 1.92. The molecular weight excluding hydrogens is 418 g/mol. The lowest BCUT2D eigenvalue weighted by atomic mass is 9.97. The number of piperidine rings is 1. The van der Waals surface area contributed by atoms with E-state index in [1.165, 1.54) is 10.6 Å². The van der Waals surface area contributed by atoms with Crippen LogP contribution in [0.1, 0.15) is 36.8 Å². The van der Waals surface area contributed by atoms with Crippen molar-refractivity contribution >= 4 is 27.5 Å². The maximum Gasteiger partial charge on any atom is 0.244 e. The first-order valence-corrected chi connectivity index (χ1v) is 12.7. The van der Waals surface area contributed by atoms with Crippen LogP contribution in [0.15, 0.2) is 18.2 Å². The van der Waals surface area contributed by atoms with Crippen molar-refractivity contribution in [3.63, 3.8) is 0 Å². The van der Waals surface area contributed by atoms with Gasteiger partial charge in [-0.25, -0.2) is 12.7 Å². The lowest BCUT2D eigenvalue weighted by Crippen LogP contribution is -2.49. The van der Waals surface area contributed by atoms with Crippen molar-refractivity contribution < 1.29 is 22.7 Å². The molecule has 0 radical (unpaired) electrons. The number of ether oxygens (including phenoxy) is 1. The second-order valence-corrected chi connectivity index (χ2v) is 10.6. The molecule has 2 fully saturated rings. The molecule has 2 aliphatic heterocycles. The van der Waals surface area contributed by atoms with Crippen LogP contribution < -0.4 is 5.32 Å². The molecule has 0 aromatic heterocycles. The Morgan fingerprint density at radius 2 is 2.00 bits per heavy atom. The molecule has 2 unspecified atom stereocenters. The Hall–Kier alpha value is -1.97. The Balaban J connectivity index is 1.71. The van der Waals surface area contributed by atoms with Gasteiger partial charge >= 0.3 is 0 Å². The predicted molar refractivity (Wildman–Crippen MR) is 119 cm³/mol. The molecule has 1 aromatic carbocycles. The van der Waals surface area contributed by atoms with Crippen molar-refractivity contribution in [2.24, 2.45) is 5.92 Å². The summed E-state index contributed by atoms with van der Waals surface area (Å²) >= 11 is 0. The number of aryl methyl sites for hydroxylation is 1. The number of carbonyl (C=O) groups excluding carboxylic acids is 2. The van der Waals surface area contributed by atoms with Gasteiger partial charge in [0, 0.05) is 31.9 Å². The number of benzene rings is 1. The van der Waals surface area contributed by atoms with Crippen LogP contribution in [0.4, 0.5) is 5.69 Å². The van der Waals surface area contributed by atoms with Crippen molar-refractivity contribution in [3.8, 4) is 0 Å². The van der Waals surface area contributed by atoms with Gasteiger partial charge in [0.2, 0.25) is 21.8 Å². The van der Waals surface area contributed by atoms with Crippen LogP contribution in [0, 0.1) is 19.8 Å². The maximum absolute atomic E-state index is 13.3. The zero-order valence-electron chi connectivity index (χ0n) is 18.6. The third kappa shape index (κ3) is 6.27. The molecule has 8 nitrogen and oxygen atoms in total. The van der Waals surface area contributed by atoms with Crippen LogP contribution in [-0.4, -0.2) is 74.6 Å². The Morgan fingerprint density at radius 1 is 1.23 bits per heavy atom. The molecule has 1 aromatic rings. The van der Waals surface area contributed by atoms with Gasteiger partial charge in [-0.3, -0.25) is 9.59 Å². The fourth-order valence-electron chi connectivity index (χ4n) is 4.22. The standard InChI is InChI=1S/C22H33N3O5S/c1-16-7-4-10-20(17(16)2)23-21(26)15-24(14-19-9-6-12-30-19)22(27)18-8-5-11-25(13-18)31(3,28)29/h4,7,10,18-19H,5-6,8-9,11-15H2,1-3H3,(H,23,26). The number of nitrogens with zero attached hydrogens (tertiary/aromatic N) is 2. The zero-order valence-corrected chi connectivity index (χ0v) is 19.4. The lowest BCUT2D eigenvalue weighted by Gasteiger charge is -2.34. The molecule has 2 saturated heterocycles. The van der Waals surface area contributed by atoms with Gasteiger partial charge in [-0.1, -0.05) is 12.1 Å². The van der Waals surface area contributed by atoms with Gasteiger partial charge in [-0.05, 0) is 56.7 Å². The molecule has 2 aliphatic rings. The van der Waals surface area contributed by atoms with Gasteiger partial charge in [0.25, 0.3) is 0 Å². The van der Waals surface area contributed by atoms with Crippen molar-refractivity contribution in [3.05, 3.63) is 29.3 Å². The number of hydrogen-bond donors (Lipinski definition) is 1. The summed E-state index contributed by atoms with van der Waals surface area (Å²) in [5.41, 5.74) is 2.80. The monoisotopic (exact) mass is 451 g/mol. The molecule has 0 saturated carbocycles. The van der Waals surface area contributed by atoms with E-state index in [-0.39, 0.29) is 31.0 Å². The topological polar surface area (TPSA) is 96.0 Å². The van der Waals surface area contributed by atoms with E-state index in [4.69, 9.17) is 4.74 Å². The largest absolute Gasteiger partial charge is 0.376 e. The molecule has 0 bridgehead atoms. The lowest BCUT2D eigenvalue weighted by molar-refractivity contribution is -0.141. The molecule has 2 heterocycles. The molecule has 0 spiro atoms. The van der Waals surface area contributed by atoms with Crippen molar-refractivity contribution in [2.45, 2.75) is 45.6 Å². The van der Waals surface area contributed by atoms with Crippen LogP contribution in [0.2, 0.25) is 0 Å². The fraction of sp³-hybridized carbons (Fsp3) is 0.636. The second kappa shape index (κ2) is 10.1. The van der Waals surface area contributed by atoms with Gasteiger partial charge in [-0.2, -0.15) is 0 Å². The summed E-state index contributed by atoms with van der Waals surface area (Å²) < 4.78 is 31.0. The summed E-state index contributed by atoms with van der Waals surface area (Å²) in [6.07, 6.45) is 4.11. The average molecular weight is 452 g/mol. The van der Waals surface area contributed by atoms with E-state index in [2.05, 4.69) is 5.32 Å². The van der Waals surface area contributed by atoms with Crippen LogP contribution in [0.3, 0.4) is 0 Å².